The Morgan fingerprint density at radius 1 is 1.24 bits per heavy atom. The Morgan fingerprint density at radius 3 is 2.60 bits per heavy atom. The number of nitrogens with one attached hydrogen (secondary N) is 1. The summed E-state index contributed by atoms with van der Waals surface area (Å²) in [5, 5.41) is 11.4. The number of benzene rings is 1. The van der Waals surface area contributed by atoms with E-state index in [4.69, 9.17) is 11.6 Å². The van der Waals surface area contributed by atoms with Crippen LogP contribution in [0.4, 0.5) is 18.9 Å². The lowest BCUT2D eigenvalue weighted by molar-refractivity contribution is -0.137. The number of nitrogens with zero attached hydrogens (tertiary/aromatic N) is 2. The molecule has 0 unspecified atom stereocenters. The normalized spacial score (nSPS) is 12.1. The smallest absolute Gasteiger partial charge is 0.416 e. The minimum atomic E-state index is -4.54. The number of amides is 2. The Bertz CT molecular complexity index is 878. The summed E-state index contributed by atoms with van der Waals surface area (Å²) in [6.07, 6.45) is -4.05. The van der Waals surface area contributed by atoms with Crippen LogP contribution in [-0.4, -0.2) is 21.8 Å². The van der Waals surface area contributed by atoms with E-state index >= 15 is 0 Å². The second-order valence-electron chi connectivity index (χ2n) is 4.86. The van der Waals surface area contributed by atoms with Crippen molar-refractivity contribution in [2.75, 3.05) is 5.32 Å². The average Bonchev–Trinajstić information content (AvgIpc) is 2.50. The predicted molar refractivity (Wildman–Crippen MR) is 81.9 cm³/mol. The van der Waals surface area contributed by atoms with Crippen molar-refractivity contribution >= 4 is 29.1 Å². The first-order chi connectivity index (χ1) is 11.6. The van der Waals surface area contributed by atoms with Gasteiger partial charge in [0.1, 0.15) is 11.6 Å². The zero-order valence-electron chi connectivity index (χ0n) is 12.4. The molecule has 1 heterocycles. The van der Waals surface area contributed by atoms with Crippen LogP contribution in [0.25, 0.3) is 0 Å². The van der Waals surface area contributed by atoms with Crippen LogP contribution in [0.3, 0.4) is 0 Å². The fraction of sp³-hybridized carbons (Fsp3) is 0.133. The van der Waals surface area contributed by atoms with Crippen molar-refractivity contribution in [3.8, 4) is 0 Å². The van der Waals surface area contributed by atoms with Crippen LogP contribution in [0.5, 0.6) is 0 Å². The number of hydrogen-bond acceptors (Lipinski definition) is 3. The maximum Gasteiger partial charge on any atom is 0.416 e. The predicted octanol–water partition coefficient (Wildman–Crippen LogP) is 2.85. The summed E-state index contributed by atoms with van der Waals surface area (Å²) >= 11 is 5.63. The van der Waals surface area contributed by atoms with Crippen molar-refractivity contribution in [3.05, 3.63) is 58.7 Å². The maximum atomic E-state index is 12.6. The number of carbonyl (C=O) groups excluding carboxylic acids is 2. The number of anilines is 1. The van der Waals surface area contributed by atoms with E-state index in [1.54, 1.807) is 0 Å². The van der Waals surface area contributed by atoms with Gasteiger partial charge in [0.05, 0.1) is 10.9 Å². The molecule has 2 aromatic rings. The molecule has 0 aliphatic rings. The molecule has 2 N–H and O–H groups in total. The lowest BCUT2D eigenvalue weighted by Crippen LogP contribution is -2.18. The molecular weight excluding hydrogens is 363 g/mol. The molecule has 0 aliphatic carbocycles. The Labute approximate surface area is 144 Å². The van der Waals surface area contributed by atoms with Crippen LogP contribution in [0, 0.1) is 0 Å². The number of rotatable bonds is 3. The minimum Gasteiger partial charge on any atom is -0.428 e. The number of pyridine rings is 1. The van der Waals surface area contributed by atoms with Gasteiger partial charge in [0.15, 0.2) is 0 Å². The summed E-state index contributed by atoms with van der Waals surface area (Å²) in [7, 11) is 0. The summed E-state index contributed by atoms with van der Waals surface area (Å²) in [6, 6.07) is 6.52. The Balaban J connectivity index is 2.05. The summed E-state index contributed by atoms with van der Waals surface area (Å²) in [6.45, 7) is 0. The van der Waals surface area contributed by atoms with Crippen LogP contribution in [0.15, 0.2) is 47.6 Å². The van der Waals surface area contributed by atoms with E-state index in [1.807, 2.05) is 0 Å². The van der Waals surface area contributed by atoms with Gasteiger partial charge in [-0.15, -0.1) is 0 Å². The van der Waals surface area contributed by atoms with Crippen molar-refractivity contribution in [2.24, 2.45) is 4.99 Å². The van der Waals surface area contributed by atoms with E-state index in [2.05, 4.69) is 10.3 Å². The van der Waals surface area contributed by atoms with E-state index in [9.17, 15) is 28.0 Å². The van der Waals surface area contributed by atoms with Crippen molar-refractivity contribution in [1.29, 1.82) is 0 Å². The molecule has 0 bridgehead atoms. The largest absolute Gasteiger partial charge is 0.428 e. The van der Waals surface area contributed by atoms with E-state index < -0.39 is 30.0 Å². The quantitative estimate of drug-likeness (QED) is 0.493. The highest BCUT2D eigenvalue weighted by molar-refractivity contribution is 6.29. The fourth-order valence-electron chi connectivity index (χ4n) is 1.82. The number of hydrogen-bond donors (Lipinski definition) is 2. The molecular formula is C15H11ClF3N3O3. The van der Waals surface area contributed by atoms with Crippen molar-refractivity contribution < 1.29 is 28.0 Å². The highest BCUT2D eigenvalue weighted by Crippen LogP contribution is 2.30. The molecule has 0 aliphatic heterocycles. The average molecular weight is 374 g/mol. The van der Waals surface area contributed by atoms with Crippen molar-refractivity contribution in [2.45, 2.75) is 12.6 Å². The van der Waals surface area contributed by atoms with Gasteiger partial charge in [-0.05, 0) is 24.3 Å². The molecule has 0 fully saturated rings. The van der Waals surface area contributed by atoms with E-state index in [-0.39, 0.29) is 16.2 Å². The molecule has 25 heavy (non-hydrogen) atoms. The van der Waals surface area contributed by atoms with Crippen LogP contribution < -0.4 is 10.7 Å². The van der Waals surface area contributed by atoms with E-state index in [0.717, 1.165) is 24.4 Å². The molecule has 0 spiro atoms. The highest BCUT2D eigenvalue weighted by Gasteiger charge is 2.30. The SMILES string of the molecule is O=C(CC(=O)Nc1cccc(C(F)(F)F)c1)N=c1ccn(O)c(Cl)c1. The fourth-order valence-corrected chi connectivity index (χ4v) is 1.99. The van der Waals surface area contributed by atoms with Crippen LogP contribution in [0.2, 0.25) is 5.15 Å². The Hall–Kier alpha value is -2.81. The monoisotopic (exact) mass is 373 g/mol. The molecule has 132 valence electrons. The maximum absolute atomic E-state index is 12.6. The zero-order chi connectivity index (χ0) is 18.6. The van der Waals surface area contributed by atoms with Gasteiger partial charge in [-0.1, -0.05) is 17.7 Å². The van der Waals surface area contributed by atoms with Crippen LogP contribution in [-0.2, 0) is 15.8 Å². The Morgan fingerprint density at radius 2 is 1.96 bits per heavy atom. The third-order valence-corrected chi connectivity index (χ3v) is 3.19. The first-order valence-electron chi connectivity index (χ1n) is 6.77. The molecule has 1 aromatic heterocycles. The third-order valence-electron chi connectivity index (χ3n) is 2.91. The molecule has 2 amide bonds. The van der Waals surface area contributed by atoms with Crippen LogP contribution >= 0.6 is 11.6 Å². The molecule has 0 atom stereocenters. The third kappa shape index (κ3) is 5.35. The lowest BCUT2D eigenvalue weighted by Gasteiger charge is -2.09. The molecule has 10 heteroatoms. The summed E-state index contributed by atoms with van der Waals surface area (Å²) in [4.78, 5) is 27.1. The van der Waals surface area contributed by atoms with Crippen molar-refractivity contribution in [3.63, 3.8) is 0 Å². The second-order valence-corrected chi connectivity index (χ2v) is 5.25. The van der Waals surface area contributed by atoms with Gasteiger partial charge in [-0.3, -0.25) is 9.59 Å². The molecule has 2 rings (SSSR count). The van der Waals surface area contributed by atoms with Gasteiger partial charge in [0, 0.05) is 18.0 Å². The molecule has 0 radical (unpaired) electrons. The zero-order valence-corrected chi connectivity index (χ0v) is 13.2. The van der Waals surface area contributed by atoms with Crippen molar-refractivity contribution in [1.82, 2.24) is 4.73 Å². The number of aromatic nitrogens is 1. The highest BCUT2D eigenvalue weighted by atomic mass is 35.5. The standard InChI is InChI=1S/C15H11ClF3N3O3/c16-12-7-11(4-5-22(12)25)21-14(24)8-13(23)20-10-3-1-2-9(6-10)15(17,18)19/h1-7,25H,8H2,(H,20,23). The first-order valence-corrected chi connectivity index (χ1v) is 7.15. The number of alkyl halides is 3. The second kappa shape index (κ2) is 7.39. The Kier molecular flexibility index (Phi) is 5.48. The van der Waals surface area contributed by atoms with Gasteiger partial charge in [0.25, 0.3) is 5.91 Å². The van der Waals surface area contributed by atoms with E-state index in [0.29, 0.717) is 4.73 Å². The molecule has 6 nitrogen and oxygen atoms in total. The van der Waals surface area contributed by atoms with Crippen LogP contribution in [0.1, 0.15) is 12.0 Å². The van der Waals surface area contributed by atoms with E-state index in [1.165, 1.54) is 18.2 Å². The van der Waals surface area contributed by atoms with Gasteiger partial charge >= 0.3 is 6.18 Å². The van der Waals surface area contributed by atoms with Gasteiger partial charge < -0.3 is 10.5 Å². The molecule has 0 saturated heterocycles. The number of carbonyl (C=O) groups is 2. The first kappa shape index (κ1) is 18.5. The topological polar surface area (TPSA) is 83.7 Å². The van der Waals surface area contributed by atoms with Gasteiger partial charge in [-0.25, -0.2) is 4.99 Å². The van der Waals surface area contributed by atoms with Gasteiger partial charge in [0.2, 0.25) is 5.91 Å². The van der Waals surface area contributed by atoms with Gasteiger partial charge in [-0.2, -0.15) is 17.9 Å². The molecule has 1 aromatic carbocycles. The lowest BCUT2D eigenvalue weighted by atomic mass is 10.2. The number of halogens is 4. The summed E-state index contributed by atoms with van der Waals surface area (Å²) in [5.74, 6) is -1.64. The summed E-state index contributed by atoms with van der Waals surface area (Å²) < 4.78 is 38.4. The summed E-state index contributed by atoms with van der Waals surface area (Å²) in [5.41, 5.74) is -1.01. The molecule has 0 saturated carbocycles. The minimum absolute atomic E-state index is 0.0864.